The molecule has 0 unspecified atom stereocenters. The van der Waals surface area contributed by atoms with Gasteiger partial charge in [0.05, 0.1) is 11.1 Å². The summed E-state index contributed by atoms with van der Waals surface area (Å²) in [6, 6.07) is 9.23. The standard InChI is InChI=1S/C16H18N2O2/c19-15(18-11-16(20)7-1-2-8-16)13-5-6-14-12(10-13)4-3-9-17-14/h3-6,9-10,20H,1-2,7-8,11H2,(H,18,19). The molecule has 0 radical (unpaired) electrons. The lowest BCUT2D eigenvalue weighted by atomic mass is 10.0. The van der Waals surface area contributed by atoms with Gasteiger partial charge in [0, 0.05) is 23.7 Å². The Hall–Kier alpha value is -1.94. The SMILES string of the molecule is O=C(NCC1(O)CCCC1)c1ccc2ncccc2c1. The Morgan fingerprint density at radius 1 is 1.30 bits per heavy atom. The minimum Gasteiger partial charge on any atom is -0.388 e. The fraction of sp³-hybridized carbons (Fsp3) is 0.375. The molecular weight excluding hydrogens is 252 g/mol. The van der Waals surface area contributed by atoms with Crippen LogP contribution in [0.5, 0.6) is 0 Å². The predicted molar refractivity (Wildman–Crippen MR) is 77.5 cm³/mol. The average molecular weight is 270 g/mol. The number of aliphatic hydroxyl groups is 1. The molecule has 0 spiro atoms. The average Bonchev–Trinajstić information content (AvgIpc) is 2.91. The Morgan fingerprint density at radius 2 is 2.10 bits per heavy atom. The van der Waals surface area contributed by atoms with E-state index in [4.69, 9.17) is 0 Å². The van der Waals surface area contributed by atoms with Crippen LogP contribution in [0.25, 0.3) is 10.9 Å². The summed E-state index contributed by atoms with van der Waals surface area (Å²) < 4.78 is 0. The summed E-state index contributed by atoms with van der Waals surface area (Å²) >= 11 is 0. The van der Waals surface area contributed by atoms with Gasteiger partial charge in [-0.2, -0.15) is 0 Å². The molecule has 1 heterocycles. The van der Waals surface area contributed by atoms with E-state index in [-0.39, 0.29) is 5.91 Å². The summed E-state index contributed by atoms with van der Waals surface area (Å²) in [5, 5.41) is 14.0. The first-order valence-electron chi connectivity index (χ1n) is 7.02. The molecule has 4 heteroatoms. The molecule has 1 fully saturated rings. The molecule has 1 amide bonds. The van der Waals surface area contributed by atoms with Crippen molar-refractivity contribution in [2.45, 2.75) is 31.3 Å². The van der Waals surface area contributed by atoms with E-state index in [9.17, 15) is 9.90 Å². The van der Waals surface area contributed by atoms with Crippen LogP contribution in [0, 0.1) is 0 Å². The lowest BCUT2D eigenvalue weighted by Gasteiger charge is -2.22. The quantitative estimate of drug-likeness (QED) is 0.899. The van der Waals surface area contributed by atoms with Crippen molar-refractivity contribution in [1.82, 2.24) is 10.3 Å². The van der Waals surface area contributed by atoms with Crippen LogP contribution in [-0.4, -0.2) is 28.1 Å². The van der Waals surface area contributed by atoms with Gasteiger partial charge in [0.1, 0.15) is 0 Å². The van der Waals surface area contributed by atoms with E-state index in [1.807, 2.05) is 24.3 Å². The van der Waals surface area contributed by atoms with Crippen LogP contribution in [0.15, 0.2) is 36.5 Å². The number of carbonyl (C=O) groups is 1. The van der Waals surface area contributed by atoms with E-state index >= 15 is 0 Å². The lowest BCUT2D eigenvalue weighted by molar-refractivity contribution is 0.0450. The number of carbonyl (C=O) groups excluding carboxylic acids is 1. The van der Waals surface area contributed by atoms with Gasteiger partial charge in [-0.3, -0.25) is 9.78 Å². The minimum atomic E-state index is -0.714. The van der Waals surface area contributed by atoms with E-state index < -0.39 is 5.60 Å². The van der Waals surface area contributed by atoms with Crippen LogP contribution in [0.1, 0.15) is 36.0 Å². The number of pyridine rings is 1. The zero-order chi connectivity index (χ0) is 14.0. The molecule has 20 heavy (non-hydrogen) atoms. The van der Waals surface area contributed by atoms with Gasteiger partial charge in [0.25, 0.3) is 5.91 Å². The van der Waals surface area contributed by atoms with E-state index in [1.54, 1.807) is 12.3 Å². The van der Waals surface area contributed by atoms with Gasteiger partial charge in [0.15, 0.2) is 0 Å². The number of amides is 1. The van der Waals surface area contributed by atoms with Crippen LogP contribution in [0.4, 0.5) is 0 Å². The Balaban J connectivity index is 1.72. The van der Waals surface area contributed by atoms with Gasteiger partial charge < -0.3 is 10.4 Å². The predicted octanol–water partition coefficient (Wildman–Crippen LogP) is 2.27. The Kier molecular flexibility index (Phi) is 3.40. The van der Waals surface area contributed by atoms with Gasteiger partial charge in [-0.1, -0.05) is 18.9 Å². The molecule has 1 aromatic carbocycles. The maximum Gasteiger partial charge on any atom is 0.251 e. The molecule has 0 atom stereocenters. The van der Waals surface area contributed by atoms with Crippen molar-refractivity contribution in [3.8, 4) is 0 Å². The largest absolute Gasteiger partial charge is 0.388 e. The van der Waals surface area contributed by atoms with Gasteiger partial charge >= 0.3 is 0 Å². The number of hydrogen-bond acceptors (Lipinski definition) is 3. The third-order valence-corrected chi connectivity index (χ3v) is 3.98. The van der Waals surface area contributed by atoms with Crippen LogP contribution in [0.2, 0.25) is 0 Å². The van der Waals surface area contributed by atoms with Gasteiger partial charge in [0.2, 0.25) is 0 Å². The number of hydrogen-bond donors (Lipinski definition) is 2. The number of rotatable bonds is 3. The molecule has 0 aliphatic heterocycles. The highest BCUT2D eigenvalue weighted by molar-refractivity contribution is 5.97. The summed E-state index contributed by atoms with van der Waals surface area (Å²) in [7, 11) is 0. The molecule has 2 aromatic rings. The minimum absolute atomic E-state index is 0.143. The van der Waals surface area contributed by atoms with Crippen molar-refractivity contribution in [2.75, 3.05) is 6.54 Å². The van der Waals surface area contributed by atoms with Crippen molar-refractivity contribution in [3.05, 3.63) is 42.1 Å². The maximum atomic E-state index is 12.1. The fourth-order valence-corrected chi connectivity index (χ4v) is 2.77. The van der Waals surface area contributed by atoms with Gasteiger partial charge in [-0.05, 0) is 37.1 Å². The number of benzene rings is 1. The first-order valence-corrected chi connectivity index (χ1v) is 7.02. The van der Waals surface area contributed by atoms with Crippen molar-refractivity contribution in [3.63, 3.8) is 0 Å². The second kappa shape index (κ2) is 5.21. The normalized spacial score (nSPS) is 17.2. The van der Waals surface area contributed by atoms with Crippen LogP contribution >= 0.6 is 0 Å². The second-order valence-electron chi connectivity index (χ2n) is 5.53. The second-order valence-corrected chi connectivity index (χ2v) is 5.53. The molecule has 0 bridgehead atoms. The molecule has 104 valence electrons. The zero-order valence-corrected chi connectivity index (χ0v) is 11.3. The first kappa shape index (κ1) is 13.1. The molecule has 4 nitrogen and oxygen atoms in total. The summed E-state index contributed by atoms with van der Waals surface area (Å²) in [4.78, 5) is 16.4. The van der Waals surface area contributed by atoms with Crippen molar-refractivity contribution < 1.29 is 9.90 Å². The van der Waals surface area contributed by atoms with E-state index in [1.165, 1.54) is 0 Å². The smallest absolute Gasteiger partial charge is 0.251 e. The molecule has 2 N–H and O–H groups in total. The van der Waals surface area contributed by atoms with Crippen LogP contribution < -0.4 is 5.32 Å². The molecule has 1 aliphatic carbocycles. The molecule has 3 rings (SSSR count). The highest BCUT2D eigenvalue weighted by atomic mass is 16.3. The topological polar surface area (TPSA) is 62.2 Å². The number of nitrogens with one attached hydrogen (secondary N) is 1. The molecule has 1 saturated carbocycles. The maximum absolute atomic E-state index is 12.1. The van der Waals surface area contributed by atoms with Crippen LogP contribution in [-0.2, 0) is 0 Å². The molecule has 1 aliphatic rings. The highest BCUT2D eigenvalue weighted by Gasteiger charge is 2.31. The third-order valence-electron chi connectivity index (χ3n) is 3.98. The van der Waals surface area contributed by atoms with Crippen molar-refractivity contribution >= 4 is 16.8 Å². The highest BCUT2D eigenvalue weighted by Crippen LogP contribution is 2.28. The Morgan fingerprint density at radius 3 is 2.90 bits per heavy atom. The summed E-state index contributed by atoms with van der Waals surface area (Å²) in [5.41, 5.74) is 0.763. The fourth-order valence-electron chi connectivity index (χ4n) is 2.77. The van der Waals surface area contributed by atoms with E-state index in [2.05, 4.69) is 10.3 Å². The molecule has 1 aromatic heterocycles. The number of fused-ring (bicyclic) bond motifs is 1. The molecular formula is C16H18N2O2. The first-order chi connectivity index (χ1) is 9.66. The monoisotopic (exact) mass is 270 g/mol. The molecule has 0 saturated heterocycles. The van der Waals surface area contributed by atoms with Gasteiger partial charge in [-0.25, -0.2) is 0 Å². The zero-order valence-electron chi connectivity index (χ0n) is 11.3. The number of aromatic nitrogens is 1. The Labute approximate surface area is 117 Å². The van der Waals surface area contributed by atoms with Crippen LogP contribution in [0.3, 0.4) is 0 Å². The number of nitrogens with zero attached hydrogens (tertiary/aromatic N) is 1. The van der Waals surface area contributed by atoms with Crippen molar-refractivity contribution in [1.29, 1.82) is 0 Å². The lowest BCUT2D eigenvalue weighted by Crippen LogP contribution is -2.40. The Bertz CT molecular complexity index is 633. The van der Waals surface area contributed by atoms with E-state index in [0.717, 1.165) is 36.6 Å². The summed E-state index contributed by atoms with van der Waals surface area (Å²) in [6.07, 6.45) is 5.35. The summed E-state index contributed by atoms with van der Waals surface area (Å²) in [5.74, 6) is -0.143. The third kappa shape index (κ3) is 2.65. The van der Waals surface area contributed by atoms with E-state index in [0.29, 0.717) is 12.1 Å². The summed E-state index contributed by atoms with van der Waals surface area (Å²) in [6.45, 7) is 0.330. The van der Waals surface area contributed by atoms with Crippen molar-refractivity contribution in [2.24, 2.45) is 0 Å². The van der Waals surface area contributed by atoms with Gasteiger partial charge in [-0.15, -0.1) is 0 Å².